The third kappa shape index (κ3) is 2.81. The van der Waals surface area contributed by atoms with Crippen molar-refractivity contribution in [2.24, 2.45) is 0 Å². The van der Waals surface area contributed by atoms with E-state index >= 15 is 0 Å². The van der Waals surface area contributed by atoms with Crippen molar-refractivity contribution >= 4 is 15.7 Å². The first-order valence-corrected chi connectivity index (χ1v) is 8.61. The second-order valence-corrected chi connectivity index (χ2v) is 7.74. The molecule has 114 valence electrons. The average molecular weight is 308 g/mol. The molecule has 3 rings (SSSR count). The summed E-state index contributed by atoms with van der Waals surface area (Å²) in [5.74, 6) is 0. The fourth-order valence-electron chi connectivity index (χ4n) is 2.84. The maximum atomic E-state index is 11.9. The largest absolute Gasteiger partial charge is 0.303 e. The summed E-state index contributed by atoms with van der Waals surface area (Å²) >= 11 is 0. The summed E-state index contributed by atoms with van der Waals surface area (Å²) in [6.07, 6.45) is 4.61. The number of sulfonamides is 1. The normalized spacial score (nSPS) is 20.4. The molecule has 1 atom stereocenters. The Morgan fingerprint density at radius 2 is 2.24 bits per heavy atom. The van der Waals surface area contributed by atoms with Crippen LogP contribution >= 0.6 is 0 Å². The molecule has 0 spiro atoms. The molecule has 1 saturated heterocycles. The van der Waals surface area contributed by atoms with Crippen LogP contribution in [0.3, 0.4) is 0 Å². The van der Waals surface area contributed by atoms with Gasteiger partial charge in [0.2, 0.25) is 10.0 Å². The molecular formula is C14H20N4O2S. The van der Waals surface area contributed by atoms with Crippen molar-refractivity contribution in [3.63, 3.8) is 0 Å². The van der Waals surface area contributed by atoms with Gasteiger partial charge >= 0.3 is 0 Å². The fourth-order valence-corrected chi connectivity index (χ4v) is 4.00. The van der Waals surface area contributed by atoms with Crippen LogP contribution in [0.15, 0.2) is 24.5 Å². The van der Waals surface area contributed by atoms with E-state index in [-0.39, 0.29) is 5.25 Å². The number of nitrogens with zero attached hydrogens (tertiary/aromatic N) is 3. The summed E-state index contributed by atoms with van der Waals surface area (Å²) in [5.41, 5.74) is 3.20. The zero-order chi connectivity index (χ0) is 15.0. The number of likely N-dealkylation sites (tertiary alicyclic amines) is 1. The molecule has 0 saturated carbocycles. The number of pyridine rings is 1. The predicted molar refractivity (Wildman–Crippen MR) is 81.6 cm³/mol. The molecule has 7 heteroatoms. The fraction of sp³-hybridized carbons (Fsp3) is 0.500. The van der Waals surface area contributed by atoms with Crippen molar-refractivity contribution in [1.29, 1.82) is 0 Å². The van der Waals surface area contributed by atoms with Gasteiger partial charge in [0.05, 0.1) is 17.1 Å². The molecule has 1 aliphatic rings. The van der Waals surface area contributed by atoms with Crippen LogP contribution in [0.4, 0.5) is 0 Å². The van der Waals surface area contributed by atoms with Gasteiger partial charge in [0.1, 0.15) is 5.65 Å². The smallest absolute Gasteiger partial charge is 0.215 e. The summed E-state index contributed by atoms with van der Waals surface area (Å²) in [4.78, 5) is 6.56. The van der Waals surface area contributed by atoms with Crippen molar-refractivity contribution in [3.05, 3.63) is 35.8 Å². The van der Waals surface area contributed by atoms with Gasteiger partial charge in [-0.1, -0.05) is 6.07 Å². The van der Waals surface area contributed by atoms with E-state index < -0.39 is 10.0 Å². The Morgan fingerprint density at radius 3 is 3.00 bits per heavy atom. The van der Waals surface area contributed by atoms with E-state index in [9.17, 15) is 8.42 Å². The third-order valence-corrected chi connectivity index (χ3v) is 5.90. The lowest BCUT2D eigenvalue weighted by Gasteiger charge is -2.15. The van der Waals surface area contributed by atoms with Gasteiger partial charge in [-0.2, -0.15) is 0 Å². The number of nitrogens with one attached hydrogen (secondary N) is 1. The quantitative estimate of drug-likeness (QED) is 0.906. The van der Waals surface area contributed by atoms with Crippen LogP contribution in [0.2, 0.25) is 0 Å². The number of fused-ring (bicyclic) bond motifs is 1. The van der Waals surface area contributed by atoms with Gasteiger partial charge < -0.3 is 4.40 Å². The van der Waals surface area contributed by atoms with Crippen molar-refractivity contribution in [2.75, 3.05) is 20.1 Å². The maximum absolute atomic E-state index is 11.9. The van der Waals surface area contributed by atoms with E-state index in [4.69, 9.17) is 0 Å². The van der Waals surface area contributed by atoms with E-state index in [1.165, 1.54) is 12.6 Å². The predicted octanol–water partition coefficient (Wildman–Crippen LogP) is 0.766. The number of aryl methyl sites for hydroxylation is 1. The molecule has 2 aromatic heterocycles. The molecule has 21 heavy (non-hydrogen) atoms. The number of aromatic nitrogens is 2. The van der Waals surface area contributed by atoms with Gasteiger partial charge in [-0.25, -0.2) is 18.1 Å². The molecule has 2 aromatic rings. The zero-order valence-electron chi connectivity index (χ0n) is 12.3. The van der Waals surface area contributed by atoms with Crippen LogP contribution in [-0.4, -0.2) is 48.1 Å². The van der Waals surface area contributed by atoms with Crippen LogP contribution in [-0.2, 0) is 16.6 Å². The number of hydrogen-bond donors (Lipinski definition) is 1. The Balaban J connectivity index is 1.77. The zero-order valence-corrected chi connectivity index (χ0v) is 13.1. The Hall–Kier alpha value is -1.44. The lowest BCUT2D eigenvalue weighted by atomic mass is 10.3. The lowest BCUT2D eigenvalue weighted by molar-refractivity contribution is 0.326. The highest BCUT2D eigenvalue weighted by Crippen LogP contribution is 2.19. The van der Waals surface area contributed by atoms with Crippen LogP contribution in [0.25, 0.3) is 5.65 Å². The van der Waals surface area contributed by atoms with Crippen molar-refractivity contribution in [3.8, 4) is 0 Å². The minimum atomic E-state index is -3.17. The number of rotatable bonds is 4. The Labute approximate surface area is 124 Å². The van der Waals surface area contributed by atoms with Gasteiger partial charge in [0.25, 0.3) is 0 Å². The highest BCUT2D eigenvalue weighted by molar-refractivity contribution is 7.90. The van der Waals surface area contributed by atoms with Gasteiger partial charge in [-0.05, 0) is 38.6 Å². The van der Waals surface area contributed by atoms with Gasteiger partial charge in [0.15, 0.2) is 0 Å². The molecule has 1 unspecified atom stereocenters. The molecule has 0 aliphatic carbocycles. The number of imidazole rings is 1. The maximum Gasteiger partial charge on any atom is 0.215 e. The minimum Gasteiger partial charge on any atom is -0.303 e. The molecular weight excluding hydrogens is 288 g/mol. The first kappa shape index (κ1) is 14.5. The minimum absolute atomic E-state index is 0.316. The molecule has 1 aliphatic heterocycles. The van der Waals surface area contributed by atoms with Crippen LogP contribution in [0.5, 0.6) is 0 Å². The van der Waals surface area contributed by atoms with Crippen molar-refractivity contribution in [1.82, 2.24) is 19.0 Å². The van der Waals surface area contributed by atoms with Crippen molar-refractivity contribution < 1.29 is 8.42 Å². The second-order valence-electron chi connectivity index (χ2n) is 5.58. The van der Waals surface area contributed by atoms with Crippen LogP contribution in [0.1, 0.15) is 17.7 Å². The first-order chi connectivity index (χ1) is 9.99. The summed E-state index contributed by atoms with van der Waals surface area (Å²) in [6, 6.07) is 4.04. The molecule has 0 aromatic carbocycles. The third-order valence-electron chi connectivity index (χ3n) is 4.07. The monoisotopic (exact) mass is 308 g/mol. The molecule has 3 heterocycles. The Morgan fingerprint density at radius 1 is 1.43 bits per heavy atom. The van der Waals surface area contributed by atoms with Gasteiger partial charge in [0, 0.05) is 19.3 Å². The summed E-state index contributed by atoms with van der Waals surface area (Å²) in [7, 11) is -1.70. The molecule has 1 fully saturated rings. The topological polar surface area (TPSA) is 66.7 Å². The van der Waals surface area contributed by atoms with E-state index in [1.807, 2.05) is 18.3 Å². The van der Waals surface area contributed by atoms with Crippen molar-refractivity contribution in [2.45, 2.75) is 25.1 Å². The van der Waals surface area contributed by atoms with Gasteiger partial charge in [-0.15, -0.1) is 0 Å². The Kier molecular flexibility index (Phi) is 3.73. The first-order valence-electron chi connectivity index (χ1n) is 7.07. The van der Waals surface area contributed by atoms with Crippen LogP contribution in [0, 0.1) is 6.92 Å². The SMILES string of the molecule is CNS(=O)(=O)C1CCN(Cc2cnc3ccc(C)cn23)C1. The average Bonchev–Trinajstić information content (AvgIpc) is 3.07. The number of hydrogen-bond acceptors (Lipinski definition) is 4. The molecule has 1 N–H and O–H groups in total. The highest BCUT2D eigenvalue weighted by atomic mass is 32.2. The highest BCUT2D eigenvalue weighted by Gasteiger charge is 2.32. The van der Waals surface area contributed by atoms with Gasteiger partial charge in [-0.3, -0.25) is 4.90 Å². The molecule has 0 amide bonds. The van der Waals surface area contributed by atoms with E-state index in [0.29, 0.717) is 13.0 Å². The standard InChI is InChI=1S/C14H20N4O2S/c1-11-3-4-14-16-7-12(18(14)8-11)9-17-6-5-13(10-17)21(19,20)15-2/h3-4,7-8,13,15H,5-6,9-10H2,1-2H3. The summed E-state index contributed by atoms with van der Waals surface area (Å²) in [6.45, 7) is 4.14. The van der Waals surface area contributed by atoms with E-state index in [0.717, 1.165) is 24.4 Å². The molecule has 0 bridgehead atoms. The summed E-state index contributed by atoms with van der Waals surface area (Å²) in [5, 5.41) is -0.316. The lowest BCUT2D eigenvalue weighted by Crippen LogP contribution is -2.34. The second kappa shape index (κ2) is 5.40. The summed E-state index contributed by atoms with van der Waals surface area (Å²) < 4.78 is 28.2. The van der Waals surface area contributed by atoms with Crippen LogP contribution < -0.4 is 4.72 Å². The molecule has 6 nitrogen and oxygen atoms in total. The van der Waals surface area contributed by atoms with E-state index in [1.54, 1.807) is 0 Å². The Bertz CT molecular complexity index is 753. The molecule has 0 radical (unpaired) electrons. The van der Waals surface area contributed by atoms with E-state index in [2.05, 4.69) is 32.1 Å².